The van der Waals surface area contributed by atoms with E-state index in [0.29, 0.717) is 5.52 Å². The molecule has 1 aliphatic carbocycles. The average molecular weight is 286 g/mol. The van der Waals surface area contributed by atoms with Crippen LogP contribution < -0.4 is 5.32 Å². The van der Waals surface area contributed by atoms with Gasteiger partial charge in [-0.1, -0.05) is 18.2 Å². The summed E-state index contributed by atoms with van der Waals surface area (Å²) < 4.78 is 0. The van der Waals surface area contributed by atoms with Crippen molar-refractivity contribution in [2.45, 2.75) is 19.3 Å². The summed E-state index contributed by atoms with van der Waals surface area (Å²) in [7, 11) is 0. The van der Waals surface area contributed by atoms with Crippen LogP contribution in [0.5, 0.6) is 0 Å². The Morgan fingerprint density at radius 3 is 2.76 bits per heavy atom. The summed E-state index contributed by atoms with van der Waals surface area (Å²) in [5.41, 5.74) is 1.68. The highest BCUT2D eigenvalue weighted by Crippen LogP contribution is 2.48. The first-order chi connectivity index (χ1) is 10.1. The Bertz CT molecular complexity index is 680. The van der Waals surface area contributed by atoms with Crippen LogP contribution in [0.15, 0.2) is 30.3 Å². The summed E-state index contributed by atoms with van der Waals surface area (Å²) >= 11 is 0. The highest BCUT2D eigenvalue weighted by molar-refractivity contribution is 5.97. The summed E-state index contributed by atoms with van der Waals surface area (Å²) in [6, 6.07) is 9.09. The van der Waals surface area contributed by atoms with Crippen LogP contribution in [0.3, 0.4) is 0 Å². The van der Waals surface area contributed by atoms with Gasteiger partial charge in [-0.05, 0) is 36.8 Å². The van der Waals surface area contributed by atoms with E-state index in [-0.39, 0.29) is 17.7 Å². The lowest BCUT2D eigenvalue weighted by atomic mass is 10.0. The van der Waals surface area contributed by atoms with Crippen LogP contribution in [-0.2, 0) is 0 Å². The zero-order valence-electron chi connectivity index (χ0n) is 11.7. The van der Waals surface area contributed by atoms with E-state index in [0.717, 1.165) is 36.9 Å². The van der Waals surface area contributed by atoms with Crippen molar-refractivity contribution in [1.29, 1.82) is 0 Å². The van der Waals surface area contributed by atoms with E-state index in [1.54, 1.807) is 6.07 Å². The van der Waals surface area contributed by atoms with Crippen LogP contribution in [0.4, 0.5) is 5.69 Å². The standard InChI is InChI=1S/C16H18N2O3/c19-8-7-16(5-6-16)10-17-13-9-14(15(20)21)18-12-4-2-1-3-11(12)13/h1-4,9,19H,5-8,10H2,(H,17,18)(H,20,21). The van der Waals surface area contributed by atoms with Gasteiger partial charge in [-0.3, -0.25) is 0 Å². The molecule has 0 bridgehead atoms. The first-order valence-corrected chi connectivity index (χ1v) is 7.11. The lowest BCUT2D eigenvalue weighted by Gasteiger charge is -2.17. The summed E-state index contributed by atoms with van der Waals surface area (Å²) in [5, 5.41) is 22.6. The smallest absolute Gasteiger partial charge is 0.354 e. The van der Waals surface area contributed by atoms with Gasteiger partial charge in [-0.2, -0.15) is 0 Å². The maximum atomic E-state index is 11.2. The number of carbonyl (C=O) groups is 1. The van der Waals surface area contributed by atoms with Gasteiger partial charge in [0.05, 0.1) is 5.52 Å². The molecule has 0 unspecified atom stereocenters. The maximum absolute atomic E-state index is 11.2. The Hall–Kier alpha value is -2.14. The molecule has 1 aromatic carbocycles. The molecule has 110 valence electrons. The minimum atomic E-state index is -1.03. The number of aromatic carboxylic acids is 1. The van der Waals surface area contributed by atoms with Gasteiger partial charge in [0.1, 0.15) is 0 Å². The van der Waals surface area contributed by atoms with Crippen LogP contribution >= 0.6 is 0 Å². The van der Waals surface area contributed by atoms with Gasteiger partial charge >= 0.3 is 5.97 Å². The molecule has 5 heteroatoms. The number of nitrogens with one attached hydrogen (secondary N) is 1. The summed E-state index contributed by atoms with van der Waals surface area (Å²) in [4.78, 5) is 15.3. The Labute approximate surface area is 122 Å². The third-order valence-electron chi connectivity index (χ3n) is 4.19. The fourth-order valence-corrected chi connectivity index (χ4v) is 2.64. The monoisotopic (exact) mass is 286 g/mol. The van der Waals surface area contributed by atoms with Gasteiger partial charge in [-0.15, -0.1) is 0 Å². The molecule has 1 fully saturated rings. The van der Waals surface area contributed by atoms with E-state index in [4.69, 9.17) is 5.11 Å². The number of aliphatic hydroxyl groups excluding tert-OH is 1. The number of hydrogen-bond acceptors (Lipinski definition) is 4. The Morgan fingerprint density at radius 2 is 2.10 bits per heavy atom. The lowest BCUT2D eigenvalue weighted by Crippen LogP contribution is -2.17. The number of carboxylic acids is 1. The Balaban J connectivity index is 1.91. The second-order valence-corrected chi connectivity index (χ2v) is 5.70. The number of aromatic nitrogens is 1. The predicted molar refractivity (Wildman–Crippen MR) is 80.6 cm³/mol. The normalized spacial score (nSPS) is 15.9. The van der Waals surface area contributed by atoms with Crippen LogP contribution in [0, 0.1) is 5.41 Å². The summed E-state index contributed by atoms with van der Waals surface area (Å²) in [6.07, 6.45) is 3.00. The maximum Gasteiger partial charge on any atom is 0.354 e. The van der Waals surface area contributed by atoms with E-state index in [9.17, 15) is 9.90 Å². The second-order valence-electron chi connectivity index (χ2n) is 5.70. The first-order valence-electron chi connectivity index (χ1n) is 7.11. The molecule has 21 heavy (non-hydrogen) atoms. The number of nitrogens with zero attached hydrogens (tertiary/aromatic N) is 1. The molecule has 2 aromatic rings. The van der Waals surface area contributed by atoms with Crippen LogP contribution in [-0.4, -0.2) is 34.3 Å². The van der Waals surface area contributed by atoms with Gasteiger partial charge in [0.25, 0.3) is 0 Å². The number of fused-ring (bicyclic) bond motifs is 1. The highest BCUT2D eigenvalue weighted by Gasteiger charge is 2.41. The third kappa shape index (κ3) is 2.83. The highest BCUT2D eigenvalue weighted by atomic mass is 16.4. The van der Waals surface area contributed by atoms with E-state index in [2.05, 4.69) is 10.3 Å². The molecule has 0 amide bonds. The van der Waals surface area contributed by atoms with Crippen molar-refractivity contribution in [2.75, 3.05) is 18.5 Å². The lowest BCUT2D eigenvalue weighted by molar-refractivity contribution is 0.0691. The molecule has 0 radical (unpaired) electrons. The van der Waals surface area contributed by atoms with Crippen LogP contribution in [0.1, 0.15) is 29.8 Å². The number of carboxylic acid groups (broad SMARTS) is 1. The fourth-order valence-electron chi connectivity index (χ4n) is 2.64. The van der Waals surface area contributed by atoms with Crippen molar-refractivity contribution >= 4 is 22.6 Å². The summed E-state index contributed by atoms with van der Waals surface area (Å²) in [6.45, 7) is 0.944. The molecule has 0 spiro atoms. The number of rotatable bonds is 6. The molecule has 3 N–H and O–H groups in total. The Kier molecular flexibility index (Phi) is 3.51. The third-order valence-corrected chi connectivity index (χ3v) is 4.19. The largest absolute Gasteiger partial charge is 0.477 e. The average Bonchev–Trinajstić information content (AvgIpc) is 3.25. The quantitative estimate of drug-likeness (QED) is 0.760. The van der Waals surface area contributed by atoms with Crippen LogP contribution in [0.25, 0.3) is 10.9 Å². The van der Waals surface area contributed by atoms with Crippen LogP contribution in [0.2, 0.25) is 0 Å². The van der Waals surface area contributed by atoms with E-state index in [1.807, 2.05) is 24.3 Å². The first kappa shape index (κ1) is 13.8. The zero-order valence-corrected chi connectivity index (χ0v) is 11.7. The van der Waals surface area contributed by atoms with Gasteiger partial charge in [0.15, 0.2) is 5.69 Å². The van der Waals surface area contributed by atoms with Gasteiger partial charge in [0, 0.05) is 24.2 Å². The van der Waals surface area contributed by atoms with E-state index < -0.39 is 5.97 Å². The number of anilines is 1. The minimum absolute atomic E-state index is 0.0446. The Morgan fingerprint density at radius 1 is 1.33 bits per heavy atom. The number of aliphatic hydroxyl groups is 1. The number of para-hydroxylation sites is 1. The van der Waals surface area contributed by atoms with Crippen molar-refractivity contribution in [3.8, 4) is 0 Å². The number of pyridine rings is 1. The molecule has 3 rings (SSSR count). The van der Waals surface area contributed by atoms with E-state index in [1.165, 1.54) is 0 Å². The molecular formula is C16H18N2O3. The van der Waals surface area contributed by atoms with Crippen molar-refractivity contribution in [3.05, 3.63) is 36.0 Å². The van der Waals surface area contributed by atoms with Crippen molar-refractivity contribution in [2.24, 2.45) is 5.41 Å². The predicted octanol–water partition coefficient (Wildman–Crippen LogP) is 2.51. The van der Waals surface area contributed by atoms with E-state index >= 15 is 0 Å². The topological polar surface area (TPSA) is 82.5 Å². The molecule has 1 heterocycles. The fraction of sp³-hybridized carbons (Fsp3) is 0.375. The molecule has 1 aromatic heterocycles. The molecule has 1 saturated carbocycles. The molecule has 5 nitrogen and oxygen atoms in total. The molecule has 0 saturated heterocycles. The molecule has 0 aliphatic heterocycles. The molecule has 1 aliphatic rings. The van der Waals surface area contributed by atoms with Crippen molar-refractivity contribution in [1.82, 2.24) is 4.98 Å². The van der Waals surface area contributed by atoms with Crippen molar-refractivity contribution in [3.63, 3.8) is 0 Å². The summed E-state index contributed by atoms with van der Waals surface area (Å²) in [5.74, 6) is -1.03. The van der Waals surface area contributed by atoms with Gasteiger partial charge in [-0.25, -0.2) is 9.78 Å². The number of hydrogen-bond donors (Lipinski definition) is 3. The SMILES string of the molecule is O=C(O)c1cc(NCC2(CCO)CC2)c2ccccc2n1. The molecular weight excluding hydrogens is 268 g/mol. The second kappa shape index (κ2) is 5.33. The van der Waals surface area contributed by atoms with Gasteiger partial charge in [0.2, 0.25) is 0 Å². The van der Waals surface area contributed by atoms with Crippen molar-refractivity contribution < 1.29 is 15.0 Å². The molecule has 0 atom stereocenters. The minimum Gasteiger partial charge on any atom is -0.477 e. The van der Waals surface area contributed by atoms with Gasteiger partial charge < -0.3 is 15.5 Å². The zero-order chi connectivity index (χ0) is 14.9. The number of benzene rings is 1.